The van der Waals surface area contributed by atoms with Crippen LogP contribution in [0.3, 0.4) is 0 Å². The molecule has 0 saturated carbocycles. The zero-order valence-electron chi connectivity index (χ0n) is 13.8. The molecule has 0 aromatic heterocycles. The van der Waals surface area contributed by atoms with Gasteiger partial charge in [-0.3, -0.25) is 0 Å². The summed E-state index contributed by atoms with van der Waals surface area (Å²) in [5.74, 6) is 1.25. The molecule has 1 N–H and O–H groups in total. The minimum absolute atomic E-state index is 0.319. The van der Waals surface area contributed by atoms with E-state index >= 15 is 0 Å². The van der Waals surface area contributed by atoms with Gasteiger partial charge in [-0.1, -0.05) is 48.5 Å². The molecule has 2 aliphatic heterocycles. The zero-order valence-corrected chi connectivity index (χ0v) is 13.8. The van der Waals surface area contributed by atoms with Gasteiger partial charge in [-0.2, -0.15) is 0 Å². The smallest absolute Gasteiger partial charge is 0.118 e. The number of para-hydroxylation sites is 1. The molecule has 2 aromatic carbocycles. The van der Waals surface area contributed by atoms with Crippen LogP contribution in [0.5, 0.6) is 5.75 Å². The largest absolute Gasteiger partial charge is 0.508 e. The Morgan fingerprint density at radius 1 is 0.917 bits per heavy atom. The van der Waals surface area contributed by atoms with E-state index in [0.29, 0.717) is 36.4 Å². The highest BCUT2D eigenvalue weighted by Crippen LogP contribution is 2.45. The molecule has 3 nitrogen and oxygen atoms in total. The summed E-state index contributed by atoms with van der Waals surface area (Å²) in [4.78, 5) is 0. The summed E-state index contributed by atoms with van der Waals surface area (Å²) in [6.45, 7) is 1.38. The van der Waals surface area contributed by atoms with Crippen molar-refractivity contribution in [1.29, 1.82) is 0 Å². The van der Waals surface area contributed by atoms with Crippen LogP contribution in [0, 0.1) is 11.8 Å². The molecular formula is C21H24O3. The van der Waals surface area contributed by atoms with Crippen LogP contribution in [0.2, 0.25) is 0 Å². The quantitative estimate of drug-likeness (QED) is 0.874. The SMILES string of the molecule is Oc1ccccc1C[C@@H]1[C@H](COCc2ccccc2)[C@H]2CC[C@@H]1O2. The van der Waals surface area contributed by atoms with E-state index < -0.39 is 0 Å². The lowest BCUT2D eigenvalue weighted by atomic mass is 9.76. The number of phenols is 1. The standard InChI is InChI=1S/C21H24O3/c22-19-9-5-4-8-16(19)12-17-18(21-11-10-20(17)24-21)14-23-13-15-6-2-1-3-7-15/h1-9,17-18,20-22H,10-14H2/t17-,18+,20+,21-/m1/s1. The van der Waals surface area contributed by atoms with Crippen molar-refractivity contribution in [3.05, 3.63) is 65.7 Å². The van der Waals surface area contributed by atoms with Gasteiger partial charge in [-0.25, -0.2) is 0 Å². The van der Waals surface area contributed by atoms with E-state index in [2.05, 4.69) is 12.1 Å². The van der Waals surface area contributed by atoms with Crippen LogP contribution >= 0.6 is 0 Å². The third-order valence-electron chi connectivity index (χ3n) is 5.46. The van der Waals surface area contributed by atoms with E-state index in [-0.39, 0.29) is 0 Å². The van der Waals surface area contributed by atoms with Crippen molar-refractivity contribution in [1.82, 2.24) is 0 Å². The first-order valence-electron chi connectivity index (χ1n) is 8.85. The van der Waals surface area contributed by atoms with Crippen molar-refractivity contribution < 1.29 is 14.6 Å². The third-order valence-corrected chi connectivity index (χ3v) is 5.46. The molecule has 0 spiro atoms. The van der Waals surface area contributed by atoms with Crippen molar-refractivity contribution in [3.8, 4) is 5.75 Å². The molecule has 4 rings (SSSR count). The van der Waals surface area contributed by atoms with Crippen molar-refractivity contribution >= 4 is 0 Å². The van der Waals surface area contributed by atoms with E-state index in [1.54, 1.807) is 6.07 Å². The van der Waals surface area contributed by atoms with Crippen LogP contribution in [-0.2, 0) is 22.5 Å². The van der Waals surface area contributed by atoms with Gasteiger partial charge < -0.3 is 14.6 Å². The maximum absolute atomic E-state index is 10.1. The lowest BCUT2D eigenvalue weighted by Crippen LogP contribution is -2.32. The average molecular weight is 324 g/mol. The number of phenolic OH excluding ortho intramolecular Hbond substituents is 1. The van der Waals surface area contributed by atoms with Crippen LogP contribution in [0.4, 0.5) is 0 Å². The maximum atomic E-state index is 10.1. The summed E-state index contributed by atoms with van der Waals surface area (Å²) in [6, 6.07) is 17.9. The van der Waals surface area contributed by atoms with Gasteiger partial charge in [0.25, 0.3) is 0 Å². The summed E-state index contributed by atoms with van der Waals surface area (Å²) in [5, 5.41) is 10.1. The fraction of sp³-hybridized carbons (Fsp3) is 0.429. The van der Waals surface area contributed by atoms with Crippen LogP contribution in [0.1, 0.15) is 24.0 Å². The zero-order chi connectivity index (χ0) is 16.4. The lowest BCUT2D eigenvalue weighted by molar-refractivity contribution is 0.0418. The minimum atomic E-state index is 0.319. The Morgan fingerprint density at radius 3 is 2.42 bits per heavy atom. The number of aromatic hydroxyl groups is 1. The maximum Gasteiger partial charge on any atom is 0.118 e. The number of hydrogen-bond acceptors (Lipinski definition) is 3. The Hall–Kier alpha value is -1.84. The molecule has 3 heteroatoms. The normalized spacial score (nSPS) is 28.3. The number of hydrogen-bond donors (Lipinski definition) is 1. The van der Waals surface area contributed by atoms with Crippen molar-refractivity contribution in [2.45, 2.75) is 38.1 Å². The molecule has 2 saturated heterocycles. The summed E-state index contributed by atoms with van der Waals surface area (Å²) < 4.78 is 12.2. The highest BCUT2D eigenvalue weighted by molar-refractivity contribution is 5.32. The molecule has 2 bridgehead atoms. The van der Waals surface area contributed by atoms with Crippen LogP contribution in [0.25, 0.3) is 0 Å². The van der Waals surface area contributed by atoms with Gasteiger partial charge in [0.2, 0.25) is 0 Å². The molecule has 4 atom stereocenters. The Morgan fingerprint density at radius 2 is 1.62 bits per heavy atom. The van der Waals surface area contributed by atoms with Gasteiger partial charge in [0.15, 0.2) is 0 Å². The first-order valence-corrected chi connectivity index (χ1v) is 8.85. The summed E-state index contributed by atoms with van der Waals surface area (Å²) >= 11 is 0. The van der Waals surface area contributed by atoms with Gasteiger partial charge in [0, 0.05) is 5.92 Å². The minimum Gasteiger partial charge on any atom is -0.508 e. The van der Waals surface area contributed by atoms with Crippen molar-refractivity contribution in [2.75, 3.05) is 6.61 Å². The van der Waals surface area contributed by atoms with E-state index in [9.17, 15) is 5.11 Å². The molecule has 0 radical (unpaired) electrons. The second kappa shape index (κ2) is 6.96. The summed E-state index contributed by atoms with van der Waals surface area (Å²) in [7, 11) is 0. The van der Waals surface area contributed by atoms with Gasteiger partial charge in [0.1, 0.15) is 5.75 Å². The second-order valence-electron chi connectivity index (χ2n) is 6.95. The number of fused-ring (bicyclic) bond motifs is 2. The third kappa shape index (κ3) is 3.19. The van der Waals surface area contributed by atoms with Crippen LogP contribution < -0.4 is 0 Å². The van der Waals surface area contributed by atoms with Gasteiger partial charge in [-0.15, -0.1) is 0 Å². The molecule has 0 amide bonds. The predicted molar refractivity (Wildman–Crippen MR) is 92.8 cm³/mol. The highest BCUT2D eigenvalue weighted by Gasteiger charge is 2.48. The Bertz CT molecular complexity index is 670. The molecule has 24 heavy (non-hydrogen) atoms. The van der Waals surface area contributed by atoms with E-state index in [1.165, 1.54) is 5.56 Å². The molecule has 2 aliphatic rings. The predicted octanol–water partition coefficient (Wildman–Crippen LogP) is 3.95. The van der Waals surface area contributed by atoms with E-state index in [0.717, 1.165) is 31.4 Å². The number of benzene rings is 2. The first-order chi connectivity index (χ1) is 11.8. The van der Waals surface area contributed by atoms with Crippen molar-refractivity contribution in [2.24, 2.45) is 11.8 Å². The van der Waals surface area contributed by atoms with Crippen molar-refractivity contribution in [3.63, 3.8) is 0 Å². The Labute approximate surface area is 143 Å². The van der Waals surface area contributed by atoms with E-state index in [4.69, 9.17) is 9.47 Å². The van der Waals surface area contributed by atoms with Crippen LogP contribution in [-0.4, -0.2) is 23.9 Å². The molecular weight excluding hydrogens is 300 g/mol. The van der Waals surface area contributed by atoms with Gasteiger partial charge in [0.05, 0.1) is 25.4 Å². The van der Waals surface area contributed by atoms with E-state index in [1.807, 2.05) is 36.4 Å². The van der Waals surface area contributed by atoms with Gasteiger partial charge >= 0.3 is 0 Å². The summed E-state index contributed by atoms with van der Waals surface area (Å²) in [6.07, 6.45) is 3.79. The number of ether oxygens (including phenoxy) is 2. The Kier molecular flexibility index (Phi) is 4.54. The summed E-state index contributed by atoms with van der Waals surface area (Å²) in [5.41, 5.74) is 2.23. The fourth-order valence-electron chi connectivity index (χ4n) is 4.21. The first kappa shape index (κ1) is 15.7. The molecule has 2 heterocycles. The second-order valence-corrected chi connectivity index (χ2v) is 6.95. The lowest BCUT2D eigenvalue weighted by Gasteiger charge is -2.28. The fourth-order valence-corrected chi connectivity index (χ4v) is 4.21. The van der Waals surface area contributed by atoms with Gasteiger partial charge in [-0.05, 0) is 42.4 Å². The molecule has 2 fully saturated rings. The Balaban J connectivity index is 1.40. The molecule has 126 valence electrons. The topological polar surface area (TPSA) is 38.7 Å². The monoisotopic (exact) mass is 324 g/mol. The highest BCUT2D eigenvalue weighted by atomic mass is 16.5. The average Bonchev–Trinajstić information content (AvgIpc) is 3.20. The number of rotatable bonds is 6. The molecule has 0 aliphatic carbocycles. The molecule has 2 aromatic rings. The molecule has 0 unspecified atom stereocenters. The van der Waals surface area contributed by atoms with Crippen LogP contribution in [0.15, 0.2) is 54.6 Å².